The summed E-state index contributed by atoms with van der Waals surface area (Å²) < 4.78 is 21.4. The van der Waals surface area contributed by atoms with Gasteiger partial charge in [0.2, 0.25) is 5.89 Å². The summed E-state index contributed by atoms with van der Waals surface area (Å²) in [5.74, 6) is 0.581. The van der Waals surface area contributed by atoms with Crippen molar-refractivity contribution < 1.29 is 13.3 Å². The number of furan rings is 2. The van der Waals surface area contributed by atoms with Gasteiger partial charge in [-0.25, -0.2) is 4.98 Å². The maximum Gasteiger partial charge on any atom is 0.227 e. The molecule has 0 saturated carbocycles. The Balaban J connectivity index is 1.12. The molecule has 0 fully saturated rings. The summed E-state index contributed by atoms with van der Waals surface area (Å²) in [5, 5.41) is 6.44. The first-order valence-corrected chi connectivity index (χ1v) is 18.4. The van der Waals surface area contributed by atoms with E-state index < -0.39 is 0 Å². The Morgan fingerprint density at radius 2 is 0.982 bits per heavy atom. The van der Waals surface area contributed by atoms with Crippen molar-refractivity contribution in [2.45, 2.75) is 0 Å². The Labute approximate surface area is 313 Å². The summed E-state index contributed by atoms with van der Waals surface area (Å²) in [4.78, 5) is 7.35. The summed E-state index contributed by atoms with van der Waals surface area (Å²) in [6.45, 7) is 0. The number of hydrogen-bond acceptors (Lipinski definition) is 5. The quantitative estimate of drug-likeness (QED) is 0.178. The van der Waals surface area contributed by atoms with Gasteiger partial charge >= 0.3 is 0 Å². The second kappa shape index (κ2) is 11.5. The molecule has 0 unspecified atom stereocenters. The van der Waals surface area contributed by atoms with Crippen molar-refractivity contribution in [3.05, 3.63) is 176 Å². The summed E-state index contributed by atoms with van der Waals surface area (Å²) in [7, 11) is 0. The average Bonchev–Trinajstić information content (AvgIpc) is 4.01. The average molecular weight is 708 g/mol. The molecule has 0 saturated heterocycles. The van der Waals surface area contributed by atoms with Crippen LogP contribution >= 0.6 is 0 Å². The lowest BCUT2D eigenvalue weighted by Gasteiger charge is -2.26. The van der Waals surface area contributed by atoms with Crippen LogP contribution < -0.4 is 4.90 Å². The van der Waals surface area contributed by atoms with Crippen LogP contribution in [0, 0.1) is 0 Å². The Kier molecular flexibility index (Phi) is 6.24. The van der Waals surface area contributed by atoms with Crippen molar-refractivity contribution in [3.63, 3.8) is 0 Å². The van der Waals surface area contributed by atoms with Gasteiger partial charge < -0.3 is 22.7 Å². The lowest BCUT2D eigenvalue weighted by molar-refractivity contribution is 0.619. The molecule has 258 valence electrons. The summed E-state index contributed by atoms with van der Waals surface area (Å²) in [6, 6.07) is 61.0. The zero-order valence-corrected chi connectivity index (χ0v) is 29.3. The van der Waals surface area contributed by atoms with E-state index in [9.17, 15) is 0 Å². The Hall–Kier alpha value is -7.57. The molecular formula is C49H29N3O3. The number of anilines is 3. The molecule has 12 rings (SSSR count). The molecule has 12 aromatic rings. The second-order valence-electron chi connectivity index (χ2n) is 14.0. The molecule has 0 amide bonds. The van der Waals surface area contributed by atoms with Crippen molar-refractivity contribution in [2.75, 3.05) is 4.90 Å². The highest BCUT2D eigenvalue weighted by molar-refractivity contribution is 6.18. The standard InChI is InChI=1S/C49H29N3O3/c1-3-11-30(12-4-1)49-50-48-46(55-49)26-25-45-47(48)39-28-33(21-24-44(39)54-45)51(32-20-23-43-38(27-32)37-16-8-10-18-42(37)53-43)34-19-22-36-35-15-7-9-17-40(35)52(41(36)29-34)31-13-5-2-6-14-31/h1-29H. The second-order valence-corrected chi connectivity index (χ2v) is 14.0. The zero-order valence-electron chi connectivity index (χ0n) is 29.3. The van der Waals surface area contributed by atoms with Crippen LogP contribution in [0.25, 0.3) is 93.9 Å². The zero-order chi connectivity index (χ0) is 36.0. The highest BCUT2D eigenvalue weighted by atomic mass is 16.4. The number of benzene rings is 8. The maximum absolute atomic E-state index is 6.46. The molecular weight excluding hydrogens is 679 g/mol. The summed E-state index contributed by atoms with van der Waals surface area (Å²) in [6.07, 6.45) is 0. The number of para-hydroxylation sites is 3. The molecule has 55 heavy (non-hydrogen) atoms. The van der Waals surface area contributed by atoms with Crippen LogP contribution in [0.1, 0.15) is 0 Å². The molecule has 8 aromatic carbocycles. The van der Waals surface area contributed by atoms with Crippen molar-refractivity contribution in [1.82, 2.24) is 9.55 Å². The predicted octanol–water partition coefficient (Wildman–Crippen LogP) is 13.9. The van der Waals surface area contributed by atoms with Crippen LogP contribution in [-0.4, -0.2) is 9.55 Å². The van der Waals surface area contributed by atoms with Gasteiger partial charge in [-0.1, -0.05) is 78.9 Å². The first-order chi connectivity index (χ1) is 27.2. The highest BCUT2D eigenvalue weighted by Crippen LogP contribution is 2.44. The number of rotatable bonds is 5. The van der Waals surface area contributed by atoms with Crippen LogP contribution in [0.15, 0.2) is 189 Å². The maximum atomic E-state index is 6.46. The van der Waals surface area contributed by atoms with E-state index in [-0.39, 0.29) is 0 Å². The molecule has 4 aromatic heterocycles. The summed E-state index contributed by atoms with van der Waals surface area (Å²) >= 11 is 0. The van der Waals surface area contributed by atoms with Crippen LogP contribution in [0.5, 0.6) is 0 Å². The molecule has 0 radical (unpaired) electrons. The SMILES string of the molecule is c1ccc(-c2nc3c(ccc4oc5ccc(N(c6ccc7oc8ccccc8c7c6)c6ccc7c8ccccc8n(-c8ccccc8)c7c6)cc5c43)o2)cc1. The fourth-order valence-corrected chi connectivity index (χ4v) is 8.34. The van der Waals surface area contributed by atoms with Crippen molar-refractivity contribution >= 4 is 93.8 Å². The third-order valence-corrected chi connectivity index (χ3v) is 10.8. The van der Waals surface area contributed by atoms with Crippen LogP contribution in [-0.2, 0) is 0 Å². The van der Waals surface area contributed by atoms with Crippen molar-refractivity contribution in [2.24, 2.45) is 0 Å². The molecule has 0 atom stereocenters. The van der Waals surface area contributed by atoms with E-state index in [1.807, 2.05) is 54.6 Å². The van der Waals surface area contributed by atoms with Gasteiger partial charge in [0.25, 0.3) is 0 Å². The molecule has 0 bridgehead atoms. The third-order valence-electron chi connectivity index (χ3n) is 10.8. The largest absolute Gasteiger partial charge is 0.456 e. The monoisotopic (exact) mass is 707 g/mol. The van der Waals surface area contributed by atoms with E-state index in [1.54, 1.807) is 0 Å². The molecule has 0 aliphatic rings. The number of hydrogen-bond donors (Lipinski definition) is 0. The molecule has 4 heterocycles. The van der Waals surface area contributed by atoms with Gasteiger partial charge in [0.05, 0.1) is 16.4 Å². The smallest absolute Gasteiger partial charge is 0.227 e. The normalized spacial score (nSPS) is 12.0. The lowest BCUT2D eigenvalue weighted by atomic mass is 10.1. The number of aromatic nitrogens is 2. The fourth-order valence-electron chi connectivity index (χ4n) is 8.34. The van der Waals surface area contributed by atoms with Crippen LogP contribution in [0.2, 0.25) is 0 Å². The minimum atomic E-state index is 0.581. The minimum absolute atomic E-state index is 0.581. The van der Waals surface area contributed by atoms with E-state index in [0.717, 1.165) is 88.7 Å². The minimum Gasteiger partial charge on any atom is -0.456 e. The Morgan fingerprint density at radius 3 is 1.82 bits per heavy atom. The number of fused-ring (bicyclic) bond motifs is 11. The van der Waals surface area contributed by atoms with Gasteiger partial charge in [-0.15, -0.1) is 0 Å². The van der Waals surface area contributed by atoms with Gasteiger partial charge in [-0.3, -0.25) is 0 Å². The van der Waals surface area contributed by atoms with Crippen molar-refractivity contribution in [3.8, 4) is 17.1 Å². The fraction of sp³-hybridized carbons (Fsp3) is 0. The topological polar surface area (TPSA) is 60.5 Å². The number of nitrogens with zero attached hydrogens (tertiary/aromatic N) is 3. The molecule has 0 N–H and O–H groups in total. The van der Waals surface area contributed by atoms with Gasteiger partial charge in [-0.05, 0) is 97.1 Å². The van der Waals surface area contributed by atoms with Gasteiger partial charge in [0, 0.05) is 55.2 Å². The molecule has 6 heteroatoms. The molecule has 0 aliphatic carbocycles. The molecule has 6 nitrogen and oxygen atoms in total. The van der Waals surface area contributed by atoms with Gasteiger partial charge in [0.15, 0.2) is 5.58 Å². The van der Waals surface area contributed by atoms with Gasteiger partial charge in [-0.2, -0.15) is 0 Å². The van der Waals surface area contributed by atoms with Crippen LogP contribution in [0.4, 0.5) is 17.1 Å². The van der Waals surface area contributed by atoms with Crippen molar-refractivity contribution in [1.29, 1.82) is 0 Å². The third kappa shape index (κ3) is 4.52. The Morgan fingerprint density at radius 1 is 0.400 bits per heavy atom. The van der Waals surface area contributed by atoms with E-state index in [2.05, 4.69) is 131 Å². The van der Waals surface area contributed by atoms with E-state index in [4.69, 9.17) is 18.2 Å². The number of oxazole rings is 1. The highest BCUT2D eigenvalue weighted by Gasteiger charge is 2.22. The van der Waals surface area contributed by atoms with E-state index >= 15 is 0 Å². The van der Waals surface area contributed by atoms with Crippen LogP contribution in [0.3, 0.4) is 0 Å². The molecule has 0 spiro atoms. The predicted molar refractivity (Wildman–Crippen MR) is 223 cm³/mol. The van der Waals surface area contributed by atoms with E-state index in [0.29, 0.717) is 11.5 Å². The summed E-state index contributed by atoms with van der Waals surface area (Å²) in [5.41, 5.74) is 12.1. The molecule has 0 aliphatic heterocycles. The first kappa shape index (κ1) is 29.9. The van der Waals surface area contributed by atoms with E-state index in [1.165, 1.54) is 10.8 Å². The first-order valence-electron chi connectivity index (χ1n) is 18.4. The lowest BCUT2D eigenvalue weighted by Crippen LogP contribution is -2.10. The van der Waals surface area contributed by atoms with Gasteiger partial charge in [0.1, 0.15) is 27.8 Å². The Bertz CT molecular complexity index is 3440.